The molecule has 1 heterocycles. The van der Waals surface area contributed by atoms with E-state index in [0.717, 1.165) is 12.8 Å². The summed E-state index contributed by atoms with van der Waals surface area (Å²) in [5.41, 5.74) is 6.25. The molecule has 0 saturated carbocycles. The molecule has 1 fully saturated rings. The fourth-order valence-electron chi connectivity index (χ4n) is 2.56. The molecule has 0 atom stereocenters. The summed E-state index contributed by atoms with van der Waals surface area (Å²) in [5.74, 6) is 0.845. The Labute approximate surface area is 131 Å². The Hall–Kier alpha value is -0.820. The maximum absolute atomic E-state index is 12.8. The van der Waals surface area contributed by atoms with E-state index in [2.05, 4.69) is 6.92 Å². The number of ether oxygens (including phenoxy) is 1. The van der Waals surface area contributed by atoms with Gasteiger partial charge in [0.1, 0.15) is 10.6 Å². The van der Waals surface area contributed by atoms with Gasteiger partial charge in [0.05, 0.1) is 7.11 Å². The van der Waals surface area contributed by atoms with Gasteiger partial charge in [0, 0.05) is 30.2 Å². The predicted molar refractivity (Wildman–Crippen MR) is 83.1 cm³/mol. The van der Waals surface area contributed by atoms with Crippen LogP contribution in [0.25, 0.3) is 0 Å². The van der Waals surface area contributed by atoms with Crippen molar-refractivity contribution in [1.29, 1.82) is 0 Å². The third-order valence-electron chi connectivity index (χ3n) is 3.88. The summed E-state index contributed by atoms with van der Waals surface area (Å²) in [6.45, 7) is 3.36. The molecular weight excluding hydrogens is 312 g/mol. The summed E-state index contributed by atoms with van der Waals surface area (Å²) in [7, 11) is -2.17. The normalized spacial score (nSPS) is 17.9. The van der Waals surface area contributed by atoms with Crippen molar-refractivity contribution in [2.45, 2.75) is 31.2 Å². The molecule has 118 valence electrons. The van der Waals surface area contributed by atoms with Crippen LogP contribution in [-0.4, -0.2) is 32.9 Å². The van der Waals surface area contributed by atoms with E-state index in [0.29, 0.717) is 35.3 Å². The molecule has 2 rings (SSSR count). The zero-order valence-corrected chi connectivity index (χ0v) is 13.9. The average molecular weight is 333 g/mol. The number of nitrogens with zero attached hydrogens (tertiary/aromatic N) is 1. The second-order valence-corrected chi connectivity index (χ2v) is 7.73. The summed E-state index contributed by atoms with van der Waals surface area (Å²) in [4.78, 5) is 0.104. The van der Waals surface area contributed by atoms with Gasteiger partial charge in [-0.25, -0.2) is 8.42 Å². The monoisotopic (exact) mass is 332 g/mol. The Morgan fingerprint density at radius 3 is 2.52 bits per heavy atom. The van der Waals surface area contributed by atoms with Crippen LogP contribution in [0, 0.1) is 5.92 Å². The van der Waals surface area contributed by atoms with Crippen molar-refractivity contribution < 1.29 is 13.2 Å². The van der Waals surface area contributed by atoms with Crippen molar-refractivity contribution in [3.63, 3.8) is 0 Å². The number of hydrogen-bond donors (Lipinski definition) is 1. The van der Waals surface area contributed by atoms with Crippen LogP contribution in [0.2, 0.25) is 5.02 Å². The molecular formula is C14H21ClN2O3S. The fourth-order valence-corrected chi connectivity index (χ4v) is 4.56. The minimum atomic E-state index is -3.61. The number of sulfonamides is 1. The molecule has 0 unspecified atom stereocenters. The van der Waals surface area contributed by atoms with E-state index >= 15 is 0 Å². The van der Waals surface area contributed by atoms with Crippen molar-refractivity contribution in [1.82, 2.24) is 4.31 Å². The molecule has 2 N–H and O–H groups in total. The third-order valence-corrected chi connectivity index (χ3v) is 6.00. The van der Waals surface area contributed by atoms with E-state index in [-0.39, 0.29) is 11.4 Å². The Morgan fingerprint density at radius 2 is 2.00 bits per heavy atom. The number of halogens is 1. The second kappa shape index (κ2) is 6.52. The van der Waals surface area contributed by atoms with Crippen LogP contribution in [0.3, 0.4) is 0 Å². The summed E-state index contributed by atoms with van der Waals surface area (Å²) in [5, 5.41) is 0.347. The van der Waals surface area contributed by atoms with Crippen molar-refractivity contribution >= 4 is 21.6 Å². The maximum Gasteiger partial charge on any atom is 0.246 e. The summed E-state index contributed by atoms with van der Waals surface area (Å²) < 4.78 is 32.5. The van der Waals surface area contributed by atoms with Crippen LogP contribution in [-0.2, 0) is 16.6 Å². The van der Waals surface area contributed by atoms with Crippen LogP contribution in [0.4, 0.5) is 0 Å². The zero-order valence-electron chi connectivity index (χ0n) is 12.3. The topological polar surface area (TPSA) is 72.6 Å². The molecule has 5 nitrogen and oxygen atoms in total. The second-order valence-electron chi connectivity index (χ2n) is 5.39. The van der Waals surface area contributed by atoms with E-state index in [9.17, 15) is 8.42 Å². The van der Waals surface area contributed by atoms with Gasteiger partial charge in [-0.3, -0.25) is 0 Å². The van der Waals surface area contributed by atoms with E-state index < -0.39 is 10.0 Å². The molecule has 1 saturated heterocycles. The Balaban J connectivity index is 2.46. The van der Waals surface area contributed by atoms with Gasteiger partial charge in [0.2, 0.25) is 10.0 Å². The first kappa shape index (κ1) is 16.5. The van der Waals surface area contributed by atoms with Crippen LogP contribution >= 0.6 is 11.6 Å². The van der Waals surface area contributed by atoms with Gasteiger partial charge >= 0.3 is 0 Å². The van der Waals surface area contributed by atoms with E-state index in [1.807, 2.05) is 0 Å². The quantitative estimate of drug-likeness (QED) is 0.917. The van der Waals surface area contributed by atoms with Gasteiger partial charge in [-0.15, -0.1) is 0 Å². The number of methoxy groups -OCH3 is 1. The standard InChI is InChI=1S/C14H21ClN2O3S/c1-10-3-5-17(6-4-10)21(18,19)13-8-12(15)7-11(9-16)14(13)20-2/h7-8,10H,3-6,9,16H2,1-2H3. The van der Waals surface area contributed by atoms with E-state index in [1.54, 1.807) is 6.07 Å². The lowest BCUT2D eigenvalue weighted by Gasteiger charge is -2.30. The third kappa shape index (κ3) is 3.34. The van der Waals surface area contributed by atoms with Gasteiger partial charge in [-0.1, -0.05) is 18.5 Å². The Bertz CT molecular complexity index is 611. The molecule has 0 amide bonds. The van der Waals surface area contributed by atoms with Crippen molar-refractivity contribution in [3.8, 4) is 5.75 Å². The van der Waals surface area contributed by atoms with E-state index in [1.165, 1.54) is 17.5 Å². The van der Waals surface area contributed by atoms with Gasteiger partial charge in [0.15, 0.2) is 0 Å². The number of piperidine rings is 1. The average Bonchev–Trinajstić information content (AvgIpc) is 2.46. The highest BCUT2D eigenvalue weighted by molar-refractivity contribution is 7.89. The lowest BCUT2D eigenvalue weighted by molar-refractivity contribution is 0.286. The van der Waals surface area contributed by atoms with Crippen LogP contribution in [0.15, 0.2) is 17.0 Å². The lowest BCUT2D eigenvalue weighted by Crippen LogP contribution is -2.38. The van der Waals surface area contributed by atoms with Crippen molar-refractivity contribution in [2.24, 2.45) is 11.7 Å². The van der Waals surface area contributed by atoms with Crippen LogP contribution in [0.1, 0.15) is 25.3 Å². The minimum absolute atomic E-state index is 0.104. The largest absolute Gasteiger partial charge is 0.495 e. The molecule has 0 aromatic heterocycles. The Kier molecular flexibility index (Phi) is 5.14. The molecule has 1 aliphatic heterocycles. The summed E-state index contributed by atoms with van der Waals surface area (Å²) in [6.07, 6.45) is 1.73. The molecule has 0 aliphatic carbocycles. The molecule has 1 aromatic rings. The lowest BCUT2D eigenvalue weighted by atomic mass is 10.0. The van der Waals surface area contributed by atoms with Crippen LogP contribution < -0.4 is 10.5 Å². The first-order valence-corrected chi connectivity index (χ1v) is 8.78. The highest BCUT2D eigenvalue weighted by atomic mass is 35.5. The van der Waals surface area contributed by atoms with Gasteiger partial charge in [-0.2, -0.15) is 4.31 Å². The van der Waals surface area contributed by atoms with Crippen molar-refractivity contribution in [3.05, 3.63) is 22.7 Å². The summed E-state index contributed by atoms with van der Waals surface area (Å²) in [6, 6.07) is 3.07. The number of benzene rings is 1. The minimum Gasteiger partial charge on any atom is -0.495 e. The highest BCUT2D eigenvalue weighted by Crippen LogP contribution is 2.34. The first-order chi connectivity index (χ1) is 9.90. The number of nitrogens with two attached hydrogens (primary N) is 1. The van der Waals surface area contributed by atoms with Gasteiger partial charge < -0.3 is 10.5 Å². The number of hydrogen-bond acceptors (Lipinski definition) is 4. The molecule has 0 radical (unpaired) electrons. The van der Waals surface area contributed by atoms with Crippen LogP contribution in [0.5, 0.6) is 5.75 Å². The molecule has 1 aliphatic rings. The van der Waals surface area contributed by atoms with Gasteiger partial charge in [-0.05, 0) is 30.9 Å². The molecule has 1 aromatic carbocycles. The first-order valence-electron chi connectivity index (χ1n) is 6.96. The maximum atomic E-state index is 12.8. The van der Waals surface area contributed by atoms with E-state index in [4.69, 9.17) is 22.1 Å². The highest BCUT2D eigenvalue weighted by Gasteiger charge is 2.31. The molecule has 7 heteroatoms. The number of rotatable bonds is 4. The Morgan fingerprint density at radius 1 is 1.38 bits per heavy atom. The summed E-state index contributed by atoms with van der Waals surface area (Å²) >= 11 is 6.03. The SMILES string of the molecule is COc1c(CN)cc(Cl)cc1S(=O)(=O)N1CCC(C)CC1. The molecule has 0 bridgehead atoms. The smallest absolute Gasteiger partial charge is 0.246 e. The molecule has 21 heavy (non-hydrogen) atoms. The zero-order chi connectivity index (χ0) is 15.6. The molecule has 0 spiro atoms. The fraction of sp³-hybridized carbons (Fsp3) is 0.571. The van der Waals surface area contributed by atoms with Crippen molar-refractivity contribution in [2.75, 3.05) is 20.2 Å². The predicted octanol–water partition coefficient (Wildman–Crippen LogP) is 2.23. The van der Waals surface area contributed by atoms with Gasteiger partial charge in [0.25, 0.3) is 0 Å².